The zero-order valence-corrected chi connectivity index (χ0v) is 17.6. The summed E-state index contributed by atoms with van der Waals surface area (Å²) >= 11 is 0. The van der Waals surface area contributed by atoms with Crippen LogP contribution in [0.25, 0.3) is 5.57 Å². The molecule has 1 saturated heterocycles. The van der Waals surface area contributed by atoms with Gasteiger partial charge < -0.3 is 20.3 Å². The van der Waals surface area contributed by atoms with Crippen LogP contribution < -0.4 is 16.2 Å². The minimum Gasteiger partial charge on any atom is -0.396 e. The van der Waals surface area contributed by atoms with Gasteiger partial charge in [-0.15, -0.1) is 0 Å². The van der Waals surface area contributed by atoms with E-state index >= 15 is 0 Å². The summed E-state index contributed by atoms with van der Waals surface area (Å²) < 4.78 is 1.86. The lowest BCUT2D eigenvalue weighted by Crippen LogP contribution is -2.44. The SMILES string of the molecule is O=C(NCC1CCCCC1)[C@H]1[C@H](CO)[C@H]2Cn3c(ccc(C4=CCCC4)c3=O)[C@@H]1N2. The number of aliphatic hydroxyl groups is 1. The van der Waals surface area contributed by atoms with Crippen LogP contribution in [0.3, 0.4) is 0 Å². The van der Waals surface area contributed by atoms with Crippen LogP contribution in [0, 0.1) is 17.8 Å². The summed E-state index contributed by atoms with van der Waals surface area (Å²) in [7, 11) is 0. The van der Waals surface area contributed by atoms with E-state index in [4.69, 9.17) is 0 Å². The van der Waals surface area contributed by atoms with Crippen molar-refractivity contribution in [1.82, 2.24) is 15.2 Å². The lowest BCUT2D eigenvalue weighted by Gasteiger charge is -2.28. The highest BCUT2D eigenvalue weighted by Gasteiger charge is 2.50. The Kier molecular flexibility index (Phi) is 5.54. The van der Waals surface area contributed by atoms with Gasteiger partial charge >= 0.3 is 0 Å². The van der Waals surface area contributed by atoms with Crippen molar-refractivity contribution >= 4 is 11.5 Å². The zero-order valence-electron chi connectivity index (χ0n) is 17.6. The van der Waals surface area contributed by atoms with E-state index < -0.39 is 0 Å². The molecule has 1 aromatic rings. The molecule has 6 heteroatoms. The van der Waals surface area contributed by atoms with Gasteiger partial charge in [0.15, 0.2) is 0 Å². The molecule has 2 aliphatic carbocycles. The number of nitrogens with zero attached hydrogens (tertiary/aromatic N) is 1. The first kappa shape index (κ1) is 20.0. The fraction of sp³-hybridized carbons (Fsp3) is 0.667. The first-order chi connectivity index (χ1) is 14.7. The van der Waals surface area contributed by atoms with E-state index in [2.05, 4.69) is 16.7 Å². The van der Waals surface area contributed by atoms with Crippen molar-refractivity contribution in [2.75, 3.05) is 13.2 Å². The molecule has 2 bridgehead atoms. The lowest BCUT2D eigenvalue weighted by molar-refractivity contribution is -0.127. The van der Waals surface area contributed by atoms with Crippen LogP contribution >= 0.6 is 0 Å². The minimum atomic E-state index is -0.340. The number of aliphatic hydroxyl groups excluding tert-OH is 1. The Balaban J connectivity index is 1.40. The van der Waals surface area contributed by atoms with Gasteiger partial charge in [-0.2, -0.15) is 0 Å². The van der Waals surface area contributed by atoms with Crippen molar-refractivity contribution in [3.05, 3.63) is 39.8 Å². The van der Waals surface area contributed by atoms with Gasteiger partial charge in [-0.1, -0.05) is 25.3 Å². The molecule has 6 nitrogen and oxygen atoms in total. The summed E-state index contributed by atoms with van der Waals surface area (Å²) in [6.07, 6.45) is 11.5. The third kappa shape index (κ3) is 3.44. The Morgan fingerprint density at radius 3 is 2.77 bits per heavy atom. The first-order valence-corrected chi connectivity index (χ1v) is 11.7. The molecule has 1 aromatic heterocycles. The summed E-state index contributed by atoms with van der Waals surface area (Å²) in [5.41, 5.74) is 2.89. The number of fused-ring (bicyclic) bond motifs is 4. The molecule has 1 saturated carbocycles. The number of rotatable bonds is 5. The zero-order chi connectivity index (χ0) is 20.7. The van der Waals surface area contributed by atoms with Crippen LogP contribution in [-0.2, 0) is 11.3 Å². The Morgan fingerprint density at radius 1 is 1.20 bits per heavy atom. The number of nitrogens with one attached hydrogen (secondary N) is 2. The van der Waals surface area contributed by atoms with Gasteiger partial charge in [-0.3, -0.25) is 9.59 Å². The number of carbonyl (C=O) groups excluding carboxylic acids is 1. The first-order valence-electron chi connectivity index (χ1n) is 11.7. The van der Waals surface area contributed by atoms with Crippen LogP contribution in [0.15, 0.2) is 23.0 Å². The fourth-order valence-corrected chi connectivity index (χ4v) is 6.16. The minimum absolute atomic E-state index is 0.0168. The normalized spacial score (nSPS) is 30.8. The number of carbonyl (C=O) groups is 1. The highest BCUT2D eigenvalue weighted by atomic mass is 16.3. The van der Waals surface area contributed by atoms with E-state index in [1.54, 1.807) is 0 Å². The third-order valence-corrected chi connectivity index (χ3v) is 7.83. The predicted octanol–water partition coefficient (Wildman–Crippen LogP) is 2.36. The van der Waals surface area contributed by atoms with E-state index in [1.807, 2.05) is 16.7 Å². The Bertz CT molecular complexity index is 899. The molecule has 0 aromatic carbocycles. The summed E-state index contributed by atoms with van der Waals surface area (Å²) in [5, 5.41) is 16.8. The van der Waals surface area contributed by atoms with E-state index in [0.717, 1.165) is 42.6 Å². The molecular weight excluding hydrogens is 378 g/mol. The number of amides is 1. The number of hydrogen-bond acceptors (Lipinski definition) is 4. The van der Waals surface area contributed by atoms with Gasteiger partial charge in [-0.25, -0.2) is 0 Å². The predicted molar refractivity (Wildman–Crippen MR) is 116 cm³/mol. The summed E-state index contributed by atoms with van der Waals surface area (Å²) in [5.74, 6) is 0.0763. The molecule has 3 N–H and O–H groups in total. The Hall–Kier alpha value is -1.92. The van der Waals surface area contributed by atoms with Crippen LogP contribution in [0.2, 0.25) is 0 Å². The van der Waals surface area contributed by atoms with Crippen molar-refractivity contribution in [2.45, 2.75) is 70.0 Å². The molecule has 2 aliphatic heterocycles. The Labute approximate surface area is 177 Å². The maximum absolute atomic E-state index is 13.3. The number of pyridine rings is 1. The molecule has 1 amide bonds. The standard InChI is InChI=1S/C24H33N3O3/c28-14-18-19-13-27-20(11-10-17(24(27)30)16-8-4-5-9-16)22(26-19)21(18)23(29)25-12-15-6-2-1-3-7-15/h8,10-11,15,18-19,21-22,26,28H,1-7,9,12-14H2,(H,25,29)/t18-,19-,21+,22+/m1/s1. The van der Waals surface area contributed by atoms with Gasteiger partial charge in [0.1, 0.15) is 0 Å². The van der Waals surface area contributed by atoms with Crippen molar-refractivity contribution in [1.29, 1.82) is 0 Å². The maximum Gasteiger partial charge on any atom is 0.258 e. The van der Waals surface area contributed by atoms with Crippen molar-refractivity contribution in [3.8, 4) is 0 Å². The quantitative estimate of drug-likeness (QED) is 0.695. The second-order valence-corrected chi connectivity index (χ2v) is 9.58. The fourth-order valence-electron chi connectivity index (χ4n) is 6.16. The summed E-state index contributed by atoms with van der Waals surface area (Å²) in [4.78, 5) is 26.5. The highest BCUT2D eigenvalue weighted by Crippen LogP contribution is 2.41. The monoisotopic (exact) mass is 411 g/mol. The van der Waals surface area contributed by atoms with Gasteiger partial charge in [0.25, 0.3) is 5.56 Å². The van der Waals surface area contributed by atoms with Crippen molar-refractivity contribution in [3.63, 3.8) is 0 Å². The van der Waals surface area contributed by atoms with E-state index in [0.29, 0.717) is 12.5 Å². The van der Waals surface area contributed by atoms with Crippen LogP contribution in [0.1, 0.15) is 68.7 Å². The number of hydrogen-bond donors (Lipinski definition) is 3. The van der Waals surface area contributed by atoms with Crippen LogP contribution in [0.4, 0.5) is 0 Å². The van der Waals surface area contributed by atoms with E-state index in [-0.39, 0.29) is 42.0 Å². The maximum atomic E-state index is 13.3. The molecule has 0 unspecified atom stereocenters. The molecule has 5 rings (SSSR count). The van der Waals surface area contributed by atoms with Gasteiger partial charge in [-0.05, 0) is 55.7 Å². The molecule has 2 fully saturated rings. The van der Waals surface area contributed by atoms with Gasteiger partial charge in [0, 0.05) is 42.9 Å². The average molecular weight is 412 g/mol. The molecule has 0 radical (unpaired) electrons. The molecular formula is C24H33N3O3. The molecule has 4 aliphatic rings. The smallest absolute Gasteiger partial charge is 0.258 e. The number of aromatic nitrogens is 1. The summed E-state index contributed by atoms with van der Waals surface area (Å²) in [6.45, 7) is 1.20. The molecule has 4 atom stereocenters. The highest BCUT2D eigenvalue weighted by molar-refractivity contribution is 5.80. The average Bonchev–Trinajstić information content (AvgIpc) is 3.40. The van der Waals surface area contributed by atoms with Crippen LogP contribution in [-0.4, -0.2) is 34.8 Å². The topological polar surface area (TPSA) is 83.4 Å². The Morgan fingerprint density at radius 2 is 2.03 bits per heavy atom. The second-order valence-electron chi connectivity index (χ2n) is 9.58. The van der Waals surface area contributed by atoms with E-state index in [1.165, 1.54) is 32.1 Å². The van der Waals surface area contributed by atoms with Crippen molar-refractivity contribution < 1.29 is 9.90 Å². The van der Waals surface area contributed by atoms with Crippen molar-refractivity contribution in [2.24, 2.45) is 17.8 Å². The molecule has 3 heterocycles. The third-order valence-electron chi connectivity index (χ3n) is 7.83. The second kappa shape index (κ2) is 8.31. The summed E-state index contributed by atoms with van der Waals surface area (Å²) in [6, 6.07) is 3.69. The molecule has 30 heavy (non-hydrogen) atoms. The lowest BCUT2D eigenvalue weighted by atomic mass is 9.85. The van der Waals surface area contributed by atoms with E-state index in [9.17, 15) is 14.7 Å². The number of allylic oxidation sites excluding steroid dienone is 2. The van der Waals surface area contributed by atoms with Crippen LogP contribution in [0.5, 0.6) is 0 Å². The van der Waals surface area contributed by atoms with Gasteiger partial charge in [0.05, 0.1) is 12.0 Å². The molecule has 162 valence electrons. The van der Waals surface area contributed by atoms with Gasteiger partial charge in [0.2, 0.25) is 5.91 Å². The molecule has 0 spiro atoms. The largest absolute Gasteiger partial charge is 0.396 e.